The Bertz CT molecular complexity index is 1220. The van der Waals surface area contributed by atoms with Crippen LogP contribution in [-0.4, -0.2) is 57.6 Å². The molecule has 1 N–H and O–H groups in total. The third-order valence-corrected chi connectivity index (χ3v) is 5.55. The summed E-state index contributed by atoms with van der Waals surface area (Å²) in [4.78, 5) is 29.8. The fourth-order valence-electron chi connectivity index (χ4n) is 3.93. The van der Waals surface area contributed by atoms with Gasteiger partial charge in [-0.2, -0.15) is 4.98 Å². The van der Waals surface area contributed by atoms with Crippen molar-refractivity contribution < 1.29 is 0 Å². The van der Waals surface area contributed by atoms with Crippen LogP contribution in [0.4, 0.5) is 5.82 Å². The number of aromatic nitrogens is 4. The summed E-state index contributed by atoms with van der Waals surface area (Å²) in [6.45, 7) is 1.95. The molecule has 1 saturated heterocycles. The van der Waals surface area contributed by atoms with Crippen LogP contribution >= 0.6 is 0 Å². The fourth-order valence-corrected chi connectivity index (χ4v) is 3.93. The lowest BCUT2D eigenvalue weighted by Gasteiger charge is -2.20. The SMILES string of the molecule is CN(C)C1CCN(c2ccc3[nH]c(-n4c(=O)ccc5ccccc54)nc3n2)C1. The summed E-state index contributed by atoms with van der Waals surface area (Å²) < 4.78 is 1.61. The van der Waals surface area contributed by atoms with Crippen LogP contribution in [0.3, 0.4) is 0 Å². The van der Waals surface area contributed by atoms with Crippen LogP contribution in [0, 0.1) is 0 Å². The molecule has 1 unspecified atom stereocenters. The Labute approximate surface area is 162 Å². The predicted molar refractivity (Wildman–Crippen MR) is 111 cm³/mol. The molecular formula is C21H22N6O. The summed E-state index contributed by atoms with van der Waals surface area (Å²) in [5, 5.41) is 0.989. The van der Waals surface area contributed by atoms with Gasteiger partial charge in [0.15, 0.2) is 5.65 Å². The number of H-pyrrole nitrogens is 1. The molecule has 0 radical (unpaired) electrons. The zero-order valence-corrected chi connectivity index (χ0v) is 16.0. The molecule has 0 saturated carbocycles. The van der Waals surface area contributed by atoms with Gasteiger partial charge in [0.1, 0.15) is 5.82 Å². The minimum Gasteiger partial charge on any atom is -0.355 e. The number of nitrogens with one attached hydrogen (secondary N) is 1. The minimum absolute atomic E-state index is 0.119. The van der Waals surface area contributed by atoms with Crippen molar-refractivity contribution in [2.45, 2.75) is 12.5 Å². The van der Waals surface area contributed by atoms with Gasteiger partial charge in [-0.15, -0.1) is 0 Å². The Balaban J connectivity index is 1.57. The molecule has 0 amide bonds. The summed E-state index contributed by atoms with van der Waals surface area (Å²) in [5.74, 6) is 1.43. The second-order valence-corrected chi connectivity index (χ2v) is 7.52. The monoisotopic (exact) mass is 374 g/mol. The van der Waals surface area contributed by atoms with Crippen LogP contribution in [0.1, 0.15) is 6.42 Å². The van der Waals surface area contributed by atoms with E-state index in [1.54, 1.807) is 10.6 Å². The van der Waals surface area contributed by atoms with Crippen LogP contribution in [0.25, 0.3) is 28.0 Å². The molecule has 7 heteroatoms. The number of benzene rings is 1. The molecule has 1 atom stereocenters. The normalized spacial score (nSPS) is 17.2. The average molecular weight is 374 g/mol. The number of aromatic amines is 1. The van der Waals surface area contributed by atoms with E-state index in [1.807, 2.05) is 42.5 Å². The lowest BCUT2D eigenvalue weighted by atomic mass is 10.2. The highest BCUT2D eigenvalue weighted by Crippen LogP contribution is 2.23. The van der Waals surface area contributed by atoms with E-state index in [1.165, 1.54) is 0 Å². The molecule has 5 rings (SSSR count). The number of likely N-dealkylation sites (N-methyl/N-ethyl adjacent to an activating group) is 1. The Morgan fingerprint density at radius 1 is 1.07 bits per heavy atom. The molecule has 28 heavy (non-hydrogen) atoms. The van der Waals surface area contributed by atoms with E-state index in [0.717, 1.165) is 41.7 Å². The summed E-state index contributed by atoms with van der Waals surface area (Å²) in [6, 6.07) is 15.8. The Kier molecular flexibility index (Phi) is 3.91. The van der Waals surface area contributed by atoms with E-state index in [9.17, 15) is 4.79 Å². The van der Waals surface area contributed by atoms with Gasteiger partial charge in [0.25, 0.3) is 5.56 Å². The molecule has 0 spiro atoms. The highest BCUT2D eigenvalue weighted by molar-refractivity contribution is 5.81. The standard InChI is InChI=1S/C21H22N6O/c1-25(2)15-11-12-26(13-15)18-9-8-16-20(23-18)24-21(22-16)27-17-6-4-3-5-14(17)7-10-19(27)28/h3-10,15H,11-13H2,1-2H3,(H,22,23,24). The first-order chi connectivity index (χ1) is 13.6. The second-order valence-electron chi connectivity index (χ2n) is 7.52. The zero-order valence-electron chi connectivity index (χ0n) is 16.0. The summed E-state index contributed by atoms with van der Waals surface area (Å²) in [6.07, 6.45) is 1.13. The van der Waals surface area contributed by atoms with Gasteiger partial charge in [-0.05, 0) is 50.2 Å². The average Bonchev–Trinajstić information content (AvgIpc) is 3.34. The summed E-state index contributed by atoms with van der Waals surface area (Å²) in [5.41, 5.74) is 2.15. The lowest BCUT2D eigenvalue weighted by Crippen LogP contribution is -2.31. The first kappa shape index (κ1) is 16.9. The maximum atomic E-state index is 12.6. The minimum atomic E-state index is -0.119. The van der Waals surface area contributed by atoms with Crippen molar-refractivity contribution in [2.75, 3.05) is 32.1 Å². The van der Waals surface area contributed by atoms with E-state index in [4.69, 9.17) is 4.98 Å². The van der Waals surface area contributed by atoms with E-state index >= 15 is 0 Å². The van der Waals surface area contributed by atoms with Crippen molar-refractivity contribution >= 4 is 27.9 Å². The molecule has 1 aliphatic heterocycles. The van der Waals surface area contributed by atoms with Gasteiger partial charge in [0.2, 0.25) is 5.95 Å². The predicted octanol–water partition coefficient (Wildman–Crippen LogP) is 2.40. The number of hydrogen-bond donors (Lipinski definition) is 1. The van der Waals surface area contributed by atoms with Crippen molar-refractivity contribution in [2.24, 2.45) is 0 Å². The van der Waals surface area contributed by atoms with Crippen molar-refractivity contribution in [1.29, 1.82) is 0 Å². The van der Waals surface area contributed by atoms with Crippen LogP contribution in [0.2, 0.25) is 0 Å². The third kappa shape index (κ3) is 2.75. The van der Waals surface area contributed by atoms with Crippen LogP contribution < -0.4 is 10.5 Å². The molecule has 1 aromatic carbocycles. The Morgan fingerprint density at radius 3 is 2.75 bits per heavy atom. The Hall–Kier alpha value is -3.19. The Morgan fingerprint density at radius 2 is 1.93 bits per heavy atom. The molecule has 1 aliphatic rings. The number of para-hydroxylation sites is 1. The van der Waals surface area contributed by atoms with Gasteiger partial charge < -0.3 is 14.8 Å². The zero-order chi connectivity index (χ0) is 19.3. The van der Waals surface area contributed by atoms with Gasteiger partial charge in [-0.1, -0.05) is 18.2 Å². The lowest BCUT2D eigenvalue weighted by molar-refractivity contribution is 0.315. The highest BCUT2D eigenvalue weighted by Gasteiger charge is 2.25. The molecule has 0 bridgehead atoms. The van der Waals surface area contributed by atoms with Crippen molar-refractivity contribution in [3.63, 3.8) is 0 Å². The molecule has 3 aromatic heterocycles. The van der Waals surface area contributed by atoms with Gasteiger partial charge in [0, 0.05) is 25.2 Å². The van der Waals surface area contributed by atoms with Crippen molar-refractivity contribution in [1.82, 2.24) is 24.4 Å². The first-order valence-corrected chi connectivity index (χ1v) is 9.49. The van der Waals surface area contributed by atoms with Crippen molar-refractivity contribution in [3.8, 4) is 5.95 Å². The van der Waals surface area contributed by atoms with E-state index in [2.05, 4.69) is 33.9 Å². The maximum Gasteiger partial charge on any atom is 0.257 e. The molecule has 7 nitrogen and oxygen atoms in total. The van der Waals surface area contributed by atoms with Crippen LogP contribution in [-0.2, 0) is 0 Å². The van der Waals surface area contributed by atoms with E-state index in [0.29, 0.717) is 17.6 Å². The van der Waals surface area contributed by atoms with Gasteiger partial charge in [-0.3, -0.25) is 4.79 Å². The number of pyridine rings is 2. The van der Waals surface area contributed by atoms with E-state index in [-0.39, 0.29) is 5.56 Å². The van der Waals surface area contributed by atoms with Gasteiger partial charge in [0.05, 0.1) is 11.0 Å². The molecule has 0 aliphatic carbocycles. The van der Waals surface area contributed by atoms with Crippen LogP contribution in [0.15, 0.2) is 53.3 Å². The highest BCUT2D eigenvalue weighted by atomic mass is 16.1. The number of rotatable bonds is 3. The van der Waals surface area contributed by atoms with Gasteiger partial charge in [-0.25, -0.2) is 9.55 Å². The topological polar surface area (TPSA) is 70.0 Å². The number of anilines is 1. The van der Waals surface area contributed by atoms with E-state index < -0.39 is 0 Å². The summed E-state index contributed by atoms with van der Waals surface area (Å²) in [7, 11) is 4.24. The molecule has 4 aromatic rings. The fraction of sp³-hybridized carbons (Fsp3) is 0.286. The van der Waals surface area contributed by atoms with Crippen molar-refractivity contribution in [3.05, 3.63) is 58.9 Å². The smallest absolute Gasteiger partial charge is 0.257 e. The quantitative estimate of drug-likeness (QED) is 0.596. The summed E-state index contributed by atoms with van der Waals surface area (Å²) >= 11 is 0. The second kappa shape index (κ2) is 6.45. The molecule has 142 valence electrons. The number of imidazole rings is 1. The molecule has 4 heterocycles. The number of hydrogen-bond acceptors (Lipinski definition) is 5. The number of fused-ring (bicyclic) bond motifs is 2. The van der Waals surface area contributed by atoms with Gasteiger partial charge >= 0.3 is 0 Å². The number of nitrogens with zero attached hydrogens (tertiary/aromatic N) is 5. The first-order valence-electron chi connectivity index (χ1n) is 9.49. The van der Waals surface area contributed by atoms with Crippen LogP contribution in [0.5, 0.6) is 0 Å². The maximum absolute atomic E-state index is 12.6. The third-order valence-electron chi connectivity index (χ3n) is 5.55. The molecule has 1 fully saturated rings. The molecular weight excluding hydrogens is 352 g/mol. The largest absolute Gasteiger partial charge is 0.355 e.